The first-order valence-electron chi connectivity index (χ1n) is 4.32. The number of nitrogens with zero attached hydrogens (tertiary/aromatic N) is 5. The van der Waals surface area contributed by atoms with Crippen LogP contribution < -0.4 is 5.73 Å². The van der Waals surface area contributed by atoms with Gasteiger partial charge >= 0.3 is 0 Å². The van der Waals surface area contributed by atoms with E-state index in [2.05, 4.69) is 20.1 Å². The van der Waals surface area contributed by atoms with E-state index in [0.717, 1.165) is 15.9 Å². The smallest absolute Gasteiger partial charge is 0.192 e. The number of hydrogen-bond acceptors (Lipinski definition) is 6. The highest BCUT2D eigenvalue weighted by atomic mass is 32.2. The van der Waals surface area contributed by atoms with Crippen molar-refractivity contribution in [2.24, 2.45) is 12.8 Å². The molecule has 6 nitrogen and oxygen atoms in total. The van der Waals surface area contributed by atoms with E-state index in [0.29, 0.717) is 6.54 Å². The molecule has 2 aromatic heterocycles. The fourth-order valence-electron chi connectivity index (χ4n) is 0.973. The molecule has 0 atom stereocenters. The van der Waals surface area contributed by atoms with E-state index in [1.165, 1.54) is 18.1 Å². The van der Waals surface area contributed by atoms with Gasteiger partial charge in [0, 0.05) is 13.6 Å². The van der Waals surface area contributed by atoms with Gasteiger partial charge in [-0.1, -0.05) is 0 Å². The van der Waals surface area contributed by atoms with Gasteiger partial charge in [0.15, 0.2) is 5.16 Å². The van der Waals surface area contributed by atoms with E-state index in [-0.39, 0.29) is 0 Å². The monoisotopic (exact) mass is 222 g/mol. The second-order valence-electron chi connectivity index (χ2n) is 2.82. The summed E-state index contributed by atoms with van der Waals surface area (Å²) in [6.45, 7) is 0.405. The number of nitrogens with two attached hydrogens (primary N) is 1. The summed E-state index contributed by atoms with van der Waals surface area (Å²) in [7, 11) is 1.83. The van der Waals surface area contributed by atoms with E-state index < -0.39 is 0 Å². The molecule has 0 spiro atoms. The lowest BCUT2D eigenvalue weighted by atomic mass is 10.5. The Morgan fingerprint density at radius 1 is 1.33 bits per heavy atom. The van der Waals surface area contributed by atoms with Crippen LogP contribution in [0.5, 0.6) is 0 Å². The molecule has 0 unspecified atom stereocenters. The zero-order valence-electron chi connectivity index (χ0n) is 8.16. The summed E-state index contributed by atoms with van der Waals surface area (Å²) in [6, 6.07) is 0. The van der Waals surface area contributed by atoms with Gasteiger partial charge in [0.1, 0.15) is 11.4 Å². The third kappa shape index (κ3) is 2.31. The molecule has 0 amide bonds. The van der Waals surface area contributed by atoms with Crippen LogP contribution in [-0.4, -0.2) is 24.7 Å². The number of hydrogen-bond donors (Lipinski definition) is 1. The second-order valence-corrected chi connectivity index (χ2v) is 3.81. The predicted octanol–water partition coefficient (Wildman–Crippen LogP) is 0.215. The Kier molecular flexibility index (Phi) is 2.93. The molecule has 15 heavy (non-hydrogen) atoms. The summed E-state index contributed by atoms with van der Waals surface area (Å²) in [6.07, 6.45) is 4.85. The standard InChI is InChI=1S/C8H10N6S/c1-14-8(12-5-13-14)15-7-4-10-6(2-9)3-11-7/h3-5H,2,9H2,1H3. The molecule has 2 N–H and O–H groups in total. The van der Waals surface area contributed by atoms with Crippen molar-refractivity contribution in [2.75, 3.05) is 0 Å². The zero-order chi connectivity index (χ0) is 10.7. The molecule has 7 heteroatoms. The molecular formula is C8H10N6S. The topological polar surface area (TPSA) is 82.5 Å². The van der Waals surface area contributed by atoms with E-state index in [4.69, 9.17) is 5.73 Å². The average molecular weight is 222 g/mol. The lowest BCUT2D eigenvalue weighted by Gasteiger charge is -1.99. The van der Waals surface area contributed by atoms with E-state index in [1.54, 1.807) is 17.1 Å². The van der Waals surface area contributed by atoms with Crippen LogP contribution in [0, 0.1) is 0 Å². The predicted molar refractivity (Wildman–Crippen MR) is 55.0 cm³/mol. The first-order chi connectivity index (χ1) is 7.29. The summed E-state index contributed by atoms with van der Waals surface area (Å²) in [5.41, 5.74) is 6.20. The van der Waals surface area contributed by atoms with Crippen molar-refractivity contribution in [1.82, 2.24) is 24.7 Å². The molecule has 0 aromatic carbocycles. The highest BCUT2D eigenvalue weighted by molar-refractivity contribution is 7.99. The zero-order valence-corrected chi connectivity index (χ0v) is 8.98. The molecule has 0 radical (unpaired) electrons. The van der Waals surface area contributed by atoms with Crippen LogP contribution in [0.25, 0.3) is 0 Å². The lowest BCUT2D eigenvalue weighted by molar-refractivity contribution is 0.684. The van der Waals surface area contributed by atoms with E-state index >= 15 is 0 Å². The van der Waals surface area contributed by atoms with Gasteiger partial charge in [-0.2, -0.15) is 5.10 Å². The molecular weight excluding hydrogens is 212 g/mol. The van der Waals surface area contributed by atoms with Crippen LogP contribution in [0.3, 0.4) is 0 Å². The van der Waals surface area contributed by atoms with Crippen molar-refractivity contribution in [3.05, 3.63) is 24.4 Å². The Morgan fingerprint density at radius 3 is 2.73 bits per heavy atom. The SMILES string of the molecule is Cn1ncnc1Sc1cnc(CN)cn1. The molecule has 0 aliphatic heterocycles. The van der Waals surface area contributed by atoms with Crippen molar-refractivity contribution >= 4 is 11.8 Å². The van der Waals surface area contributed by atoms with Gasteiger partial charge in [-0.25, -0.2) is 14.6 Å². The van der Waals surface area contributed by atoms with Gasteiger partial charge in [0.25, 0.3) is 0 Å². The number of aromatic nitrogens is 5. The Hall–Kier alpha value is -1.47. The Labute approximate surface area is 90.9 Å². The summed E-state index contributed by atoms with van der Waals surface area (Å²) >= 11 is 1.41. The van der Waals surface area contributed by atoms with Crippen molar-refractivity contribution in [3.63, 3.8) is 0 Å². The molecule has 0 saturated heterocycles. The molecule has 2 rings (SSSR count). The number of aryl methyl sites for hydroxylation is 1. The van der Waals surface area contributed by atoms with Gasteiger partial charge in [0.05, 0.1) is 18.1 Å². The minimum Gasteiger partial charge on any atom is -0.325 e. The number of rotatable bonds is 3. The average Bonchev–Trinajstić information content (AvgIpc) is 2.66. The third-order valence-corrected chi connectivity index (χ3v) is 2.73. The second kappa shape index (κ2) is 4.37. The van der Waals surface area contributed by atoms with E-state index in [9.17, 15) is 0 Å². The quantitative estimate of drug-likeness (QED) is 0.799. The van der Waals surface area contributed by atoms with Crippen LogP contribution in [0.15, 0.2) is 28.9 Å². The molecule has 78 valence electrons. The normalized spacial score (nSPS) is 10.5. The fourth-order valence-corrected chi connectivity index (χ4v) is 1.65. The molecule has 2 heterocycles. The molecule has 0 bridgehead atoms. The largest absolute Gasteiger partial charge is 0.325 e. The Morgan fingerprint density at radius 2 is 2.20 bits per heavy atom. The summed E-state index contributed by atoms with van der Waals surface area (Å²) < 4.78 is 1.68. The van der Waals surface area contributed by atoms with Crippen LogP contribution in [0.4, 0.5) is 0 Å². The minimum atomic E-state index is 0.405. The molecule has 0 fully saturated rings. The summed E-state index contributed by atoms with van der Waals surface area (Å²) in [4.78, 5) is 12.4. The van der Waals surface area contributed by atoms with Gasteiger partial charge in [-0.3, -0.25) is 4.98 Å². The van der Waals surface area contributed by atoms with Crippen molar-refractivity contribution < 1.29 is 0 Å². The summed E-state index contributed by atoms with van der Waals surface area (Å²) in [5, 5.41) is 5.53. The molecule has 2 aromatic rings. The van der Waals surface area contributed by atoms with Crippen LogP contribution >= 0.6 is 11.8 Å². The van der Waals surface area contributed by atoms with Crippen LogP contribution in [0.1, 0.15) is 5.69 Å². The Balaban J connectivity index is 2.14. The van der Waals surface area contributed by atoms with Crippen molar-refractivity contribution in [1.29, 1.82) is 0 Å². The lowest BCUT2D eigenvalue weighted by Crippen LogP contribution is -2.00. The maximum Gasteiger partial charge on any atom is 0.192 e. The van der Waals surface area contributed by atoms with E-state index in [1.807, 2.05) is 7.05 Å². The Bertz CT molecular complexity index is 437. The van der Waals surface area contributed by atoms with Gasteiger partial charge < -0.3 is 5.73 Å². The van der Waals surface area contributed by atoms with Crippen LogP contribution in [-0.2, 0) is 13.6 Å². The van der Waals surface area contributed by atoms with Gasteiger partial charge in [-0.15, -0.1) is 0 Å². The minimum absolute atomic E-state index is 0.405. The maximum atomic E-state index is 5.42. The first-order valence-corrected chi connectivity index (χ1v) is 5.14. The third-order valence-electron chi connectivity index (χ3n) is 1.76. The molecule has 0 aliphatic rings. The van der Waals surface area contributed by atoms with Crippen LogP contribution in [0.2, 0.25) is 0 Å². The molecule has 0 aliphatic carbocycles. The fraction of sp³-hybridized carbons (Fsp3) is 0.250. The summed E-state index contributed by atoms with van der Waals surface area (Å²) in [5.74, 6) is 0. The van der Waals surface area contributed by atoms with Crippen molar-refractivity contribution in [3.8, 4) is 0 Å². The highest BCUT2D eigenvalue weighted by Crippen LogP contribution is 2.21. The molecule has 0 saturated carbocycles. The highest BCUT2D eigenvalue weighted by Gasteiger charge is 2.04. The van der Waals surface area contributed by atoms with Gasteiger partial charge in [0.2, 0.25) is 0 Å². The maximum absolute atomic E-state index is 5.42. The van der Waals surface area contributed by atoms with Gasteiger partial charge in [-0.05, 0) is 11.8 Å². The van der Waals surface area contributed by atoms with Crippen molar-refractivity contribution in [2.45, 2.75) is 16.7 Å². The first kappa shape index (κ1) is 10.1.